The van der Waals surface area contributed by atoms with E-state index in [9.17, 15) is 14.4 Å². The number of piperidine rings is 1. The molecule has 2 heterocycles. The Labute approximate surface area is 138 Å². The van der Waals surface area contributed by atoms with Crippen LogP contribution in [-0.4, -0.2) is 58.3 Å². The smallest absolute Gasteiger partial charge is 0.345 e. The van der Waals surface area contributed by atoms with Crippen LogP contribution in [0.4, 0.5) is 4.79 Å². The van der Waals surface area contributed by atoms with Crippen LogP contribution in [0.25, 0.3) is 0 Å². The monoisotopic (exact) mass is 334 g/mol. The number of hydrogen-bond acceptors (Lipinski definition) is 5. The minimum Gasteiger partial charge on any atom is -0.479 e. The third kappa shape index (κ3) is 3.33. The molecule has 1 aromatic rings. The van der Waals surface area contributed by atoms with Gasteiger partial charge in [0.05, 0.1) is 6.04 Å². The summed E-state index contributed by atoms with van der Waals surface area (Å²) in [5.74, 6) is -1.61. The van der Waals surface area contributed by atoms with Gasteiger partial charge >= 0.3 is 18.0 Å². The highest BCUT2D eigenvalue weighted by Gasteiger charge is 2.48. The maximum Gasteiger partial charge on any atom is 0.345 e. The van der Waals surface area contributed by atoms with Crippen molar-refractivity contribution in [1.82, 2.24) is 9.96 Å². The molecule has 2 aliphatic heterocycles. The molecule has 24 heavy (non-hydrogen) atoms. The van der Waals surface area contributed by atoms with Gasteiger partial charge in [0.25, 0.3) is 0 Å². The Morgan fingerprint density at radius 3 is 2.67 bits per heavy atom. The molecule has 2 aliphatic rings. The number of amides is 2. The fourth-order valence-electron chi connectivity index (χ4n) is 2.99. The van der Waals surface area contributed by atoms with E-state index >= 15 is 0 Å². The first-order chi connectivity index (χ1) is 11.6. The number of esters is 1. The molecule has 0 unspecified atom stereocenters. The molecule has 1 N–H and O–H groups in total. The van der Waals surface area contributed by atoms with Gasteiger partial charge in [0.1, 0.15) is 12.6 Å². The predicted octanol–water partition coefficient (Wildman–Crippen LogP) is 1.01. The molecule has 0 aliphatic carbocycles. The van der Waals surface area contributed by atoms with E-state index in [1.165, 1.54) is 4.90 Å². The highest BCUT2D eigenvalue weighted by molar-refractivity contribution is 5.85. The lowest BCUT2D eigenvalue weighted by molar-refractivity contribution is -0.167. The molecule has 2 atom stereocenters. The van der Waals surface area contributed by atoms with Crippen molar-refractivity contribution in [3.8, 4) is 0 Å². The zero-order valence-electron chi connectivity index (χ0n) is 13.0. The topological polar surface area (TPSA) is 96.4 Å². The number of aliphatic carboxylic acids is 1. The summed E-state index contributed by atoms with van der Waals surface area (Å²) in [6, 6.07) is 7.93. The number of fused-ring (bicyclic) bond motifs is 2. The molecule has 1 aromatic carbocycles. The molecular formula is C16H18N2O6. The van der Waals surface area contributed by atoms with Gasteiger partial charge < -0.3 is 14.7 Å². The molecule has 2 bridgehead atoms. The van der Waals surface area contributed by atoms with Crippen molar-refractivity contribution in [2.24, 2.45) is 0 Å². The maximum atomic E-state index is 12.3. The Hall–Kier alpha value is -2.61. The minimum absolute atomic E-state index is 0.154. The number of carbonyl (C=O) groups is 3. The van der Waals surface area contributed by atoms with Crippen molar-refractivity contribution >= 4 is 18.0 Å². The Balaban J connectivity index is 1.59. The number of carboxylic acids is 1. The van der Waals surface area contributed by atoms with Crippen LogP contribution in [0.1, 0.15) is 18.4 Å². The van der Waals surface area contributed by atoms with E-state index in [1.807, 2.05) is 30.3 Å². The number of urea groups is 1. The third-order valence-corrected chi connectivity index (χ3v) is 4.15. The zero-order valence-corrected chi connectivity index (χ0v) is 13.0. The Morgan fingerprint density at radius 2 is 1.96 bits per heavy atom. The summed E-state index contributed by atoms with van der Waals surface area (Å²) in [5.41, 5.74) is 0.874. The van der Waals surface area contributed by atoms with Crippen LogP contribution in [0.15, 0.2) is 30.3 Å². The lowest BCUT2D eigenvalue weighted by Gasteiger charge is -2.28. The van der Waals surface area contributed by atoms with Crippen LogP contribution in [-0.2, 0) is 25.8 Å². The van der Waals surface area contributed by atoms with E-state index in [4.69, 9.17) is 14.7 Å². The fourth-order valence-corrected chi connectivity index (χ4v) is 2.99. The van der Waals surface area contributed by atoms with Gasteiger partial charge in [-0.25, -0.2) is 14.4 Å². The largest absolute Gasteiger partial charge is 0.479 e. The fraction of sp³-hybridized carbons (Fsp3) is 0.438. The van der Waals surface area contributed by atoms with Crippen LogP contribution in [0.2, 0.25) is 0 Å². The number of hydrogen-bond donors (Lipinski definition) is 1. The summed E-state index contributed by atoms with van der Waals surface area (Å²) in [7, 11) is 0. The van der Waals surface area contributed by atoms with Crippen molar-refractivity contribution in [3.05, 3.63) is 35.9 Å². The number of rotatable bonds is 6. The van der Waals surface area contributed by atoms with Gasteiger partial charge in [-0.2, -0.15) is 5.06 Å². The second kappa shape index (κ2) is 6.88. The van der Waals surface area contributed by atoms with Crippen LogP contribution >= 0.6 is 0 Å². The molecule has 128 valence electrons. The highest BCUT2D eigenvalue weighted by atomic mass is 16.7. The molecule has 2 amide bonds. The van der Waals surface area contributed by atoms with Crippen molar-refractivity contribution in [3.63, 3.8) is 0 Å². The summed E-state index contributed by atoms with van der Waals surface area (Å²) in [6.45, 7) is -0.0936. The Bertz CT molecular complexity index is 635. The molecule has 0 radical (unpaired) electrons. The second-order valence-corrected chi connectivity index (χ2v) is 5.77. The number of nitrogens with zero attached hydrogens (tertiary/aromatic N) is 2. The van der Waals surface area contributed by atoms with Crippen molar-refractivity contribution in [2.75, 3.05) is 13.2 Å². The number of ether oxygens (including phenoxy) is 1. The first-order valence-electron chi connectivity index (χ1n) is 7.71. The molecule has 2 saturated heterocycles. The average molecular weight is 334 g/mol. The average Bonchev–Trinajstić information content (AvgIpc) is 2.83. The summed E-state index contributed by atoms with van der Waals surface area (Å²) in [4.78, 5) is 41.6. The van der Waals surface area contributed by atoms with Crippen LogP contribution in [0.3, 0.4) is 0 Å². The van der Waals surface area contributed by atoms with Crippen molar-refractivity contribution in [2.45, 2.75) is 31.5 Å². The predicted molar refractivity (Wildman–Crippen MR) is 80.6 cm³/mol. The summed E-state index contributed by atoms with van der Waals surface area (Å²) < 4.78 is 5.31. The Kier molecular flexibility index (Phi) is 4.66. The standard InChI is InChI=1S/C16H18N2O6/c19-14(20)10-24-18-12-6-7-13(17(8-12)16(18)22)15(21)23-9-11-4-2-1-3-5-11/h1-5,12-13H,6-10H2,(H,19,20)/t12-,13+/m0/s1. The molecule has 8 heteroatoms. The lowest BCUT2D eigenvalue weighted by atomic mass is 10.0. The Morgan fingerprint density at radius 1 is 1.21 bits per heavy atom. The lowest BCUT2D eigenvalue weighted by Crippen LogP contribution is -2.45. The number of hydroxylamine groups is 2. The van der Waals surface area contributed by atoms with E-state index in [0.29, 0.717) is 19.4 Å². The quantitative estimate of drug-likeness (QED) is 0.780. The van der Waals surface area contributed by atoms with Gasteiger partial charge in [-0.1, -0.05) is 30.3 Å². The summed E-state index contributed by atoms with van der Waals surface area (Å²) in [5, 5.41) is 9.74. The minimum atomic E-state index is -1.15. The molecular weight excluding hydrogens is 316 g/mol. The summed E-state index contributed by atoms with van der Waals surface area (Å²) >= 11 is 0. The van der Waals surface area contributed by atoms with E-state index in [-0.39, 0.29) is 12.6 Å². The number of carboxylic acid groups (broad SMARTS) is 1. The second-order valence-electron chi connectivity index (χ2n) is 5.77. The van der Waals surface area contributed by atoms with Crippen LogP contribution in [0.5, 0.6) is 0 Å². The molecule has 8 nitrogen and oxygen atoms in total. The first kappa shape index (κ1) is 16.3. The van der Waals surface area contributed by atoms with E-state index in [1.54, 1.807) is 0 Å². The SMILES string of the molecule is O=C(O)CON1C(=O)N2C[C@@H]1CC[C@@H]2C(=O)OCc1ccccc1. The zero-order chi connectivity index (χ0) is 17.1. The molecule has 2 fully saturated rings. The molecule has 0 saturated carbocycles. The molecule has 0 aromatic heterocycles. The van der Waals surface area contributed by atoms with Gasteiger partial charge in [0.2, 0.25) is 0 Å². The van der Waals surface area contributed by atoms with Gasteiger partial charge in [0.15, 0.2) is 6.61 Å². The number of carbonyl (C=O) groups excluding carboxylic acids is 2. The molecule has 3 rings (SSSR count). The van der Waals surface area contributed by atoms with Gasteiger partial charge in [-0.3, -0.25) is 4.84 Å². The normalized spacial score (nSPS) is 22.6. The van der Waals surface area contributed by atoms with E-state index in [2.05, 4.69) is 0 Å². The first-order valence-corrected chi connectivity index (χ1v) is 7.71. The van der Waals surface area contributed by atoms with Crippen molar-refractivity contribution in [1.29, 1.82) is 0 Å². The summed E-state index contributed by atoms with van der Waals surface area (Å²) in [6.07, 6.45) is 1.03. The van der Waals surface area contributed by atoms with Gasteiger partial charge in [-0.05, 0) is 18.4 Å². The van der Waals surface area contributed by atoms with E-state index < -0.39 is 30.6 Å². The van der Waals surface area contributed by atoms with Crippen molar-refractivity contribution < 1.29 is 29.1 Å². The molecule has 0 spiro atoms. The number of benzene rings is 1. The van der Waals surface area contributed by atoms with Crippen LogP contribution < -0.4 is 0 Å². The highest BCUT2D eigenvalue weighted by Crippen LogP contribution is 2.30. The third-order valence-electron chi connectivity index (χ3n) is 4.15. The van der Waals surface area contributed by atoms with E-state index in [0.717, 1.165) is 10.6 Å². The van der Waals surface area contributed by atoms with Gasteiger partial charge in [0, 0.05) is 6.54 Å². The van der Waals surface area contributed by atoms with Crippen LogP contribution in [0, 0.1) is 0 Å². The maximum absolute atomic E-state index is 12.3. The van der Waals surface area contributed by atoms with Gasteiger partial charge in [-0.15, -0.1) is 0 Å².